The van der Waals surface area contributed by atoms with Crippen LogP contribution in [0.15, 0.2) is 23.1 Å². The number of benzene rings is 1. The molecule has 0 bridgehead atoms. The van der Waals surface area contributed by atoms with Crippen LogP contribution in [0.25, 0.3) is 0 Å². The molecule has 3 heterocycles. The number of nitrogens with zero attached hydrogens (tertiary/aromatic N) is 5. The summed E-state index contributed by atoms with van der Waals surface area (Å²) in [7, 11) is -0.695. The SMILES string of the molecule is CCN1CCN(C(=O)CN2C(=O)[C@@H]3CCCCN3c3ccc(S(=O)(=O)N(C)C)cc32)CC1. The highest BCUT2D eigenvalue weighted by Crippen LogP contribution is 2.40. The van der Waals surface area contributed by atoms with Crippen molar-refractivity contribution in [1.29, 1.82) is 0 Å². The number of anilines is 2. The number of hydrogen-bond acceptors (Lipinski definition) is 6. The van der Waals surface area contributed by atoms with Gasteiger partial charge in [-0.25, -0.2) is 12.7 Å². The van der Waals surface area contributed by atoms with E-state index in [0.29, 0.717) is 18.8 Å². The first-order valence-electron chi connectivity index (χ1n) is 11.4. The molecule has 3 aliphatic rings. The first kappa shape index (κ1) is 23.0. The molecule has 10 heteroatoms. The summed E-state index contributed by atoms with van der Waals surface area (Å²) in [6.07, 6.45) is 2.70. The lowest BCUT2D eigenvalue weighted by atomic mass is 9.96. The number of hydrogen-bond donors (Lipinski definition) is 0. The summed E-state index contributed by atoms with van der Waals surface area (Å²) >= 11 is 0. The average Bonchev–Trinajstić information content (AvgIpc) is 2.81. The first-order chi connectivity index (χ1) is 15.2. The van der Waals surface area contributed by atoms with E-state index in [9.17, 15) is 18.0 Å². The summed E-state index contributed by atoms with van der Waals surface area (Å²) in [5.74, 6) is -0.206. The second-order valence-corrected chi connectivity index (χ2v) is 11.0. The lowest BCUT2D eigenvalue weighted by Gasteiger charge is -2.45. The van der Waals surface area contributed by atoms with Crippen LogP contribution in [0.3, 0.4) is 0 Å². The summed E-state index contributed by atoms with van der Waals surface area (Å²) in [6, 6.07) is 4.64. The number of carbonyl (C=O) groups excluding carboxylic acids is 2. The van der Waals surface area contributed by atoms with Crippen LogP contribution in [0.5, 0.6) is 0 Å². The molecule has 0 aromatic heterocycles. The highest BCUT2D eigenvalue weighted by molar-refractivity contribution is 7.89. The Morgan fingerprint density at radius 2 is 1.78 bits per heavy atom. The topological polar surface area (TPSA) is 84.5 Å². The molecule has 2 fully saturated rings. The van der Waals surface area contributed by atoms with Crippen molar-refractivity contribution in [2.24, 2.45) is 0 Å². The Balaban J connectivity index is 1.67. The maximum atomic E-state index is 13.5. The summed E-state index contributed by atoms with van der Waals surface area (Å²) in [5.41, 5.74) is 1.34. The normalized spacial score (nSPS) is 22.2. The molecule has 9 nitrogen and oxygen atoms in total. The van der Waals surface area contributed by atoms with Crippen LogP contribution >= 0.6 is 0 Å². The molecule has 4 rings (SSSR count). The predicted molar refractivity (Wildman–Crippen MR) is 123 cm³/mol. The van der Waals surface area contributed by atoms with Gasteiger partial charge in [-0.1, -0.05) is 6.92 Å². The first-order valence-corrected chi connectivity index (χ1v) is 12.8. The lowest BCUT2D eigenvalue weighted by molar-refractivity contribution is -0.133. The van der Waals surface area contributed by atoms with E-state index in [2.05, 4.69) is 16.7 Å². The van der Waals surface area contributed by atoms with Crippen molar-refractivity contribution in [3.63, 3.8) is 0 Å². The second kappa shape index (κ2) is 8.99. The fourth-order valence-corrected chi connectivity index (χ4v) is 5.74. The number of amides is 2. The van der Waals surface area contributed by atoms with E-state index in [1.54, 1.807) is 18.2 Å². The lowest BCUT2D eigenvalue weighted by Crippen LogP contribution is -2.58. The van der Waals surface area contributed by atoms with E-state index >= 15 is 0 Å². The molecule has 0 radical (unpaired) electrons. The summed E-state index contributed by atoms with van der Waals surface area (Å²) in [4.78, 5) is 34.4. The van der Waals surface area contributed by atoms with Crippen molar-refractivity contribution >= 4 is 33.2 Å². The zero-order valence-electron chi connectivity index (χ0n) is 19.2. The number of piperazine rings is 1. The average molecular weight is 464 g/mol. The van der Waals surface area contributed by atoms with Crippen LogP contribution in [0.2, 0.25) is 0 Å². The van der Waals surface area contributed by atoms with Crippen LogP contribution < -0.4 is 9.80 Å². The molecule has 2 saturated heterocycles. The van der Waals surface area contributed by atoms with Gasteiger partial charge in [0, 0.05) is 46.8 Å². The molecule has 0 saturated carbocycles. The Kier molecular flexibility index (Phi) is 6.46. The molecule has 176 valence electrons. The Morgan fingerprint density at radius 3 is 2.44 bits per heavy atom. The van der Waals surface area contributed by atoms with Gasteiger partial charge in [0.2, 0.25) is 21.8 Å². The van der Waals surface area contributed by atoms with Gasteiger partial charge in [0.15, 0.2) is 0 Å². The largest absolute Gasteiger partial charge is 0.358 e. The third kappa shape index (κ3) is 4.11. The fraction of sp³-hybridized carbons (Fsp3) is 0.636. The van der Waals surface area contributed by atoms with Gasteiger partial charge in [0.05, 0.1) is 16.3 Å². The van der Waals surface area contributed by atoms with Crippen molar-refractivity contribution in [2.45, 2.75) is 37.1 Å². The fourth-order valence-electron chi connectivity index (χ4n) is 4.82. The van der Waals surface area contributed by atoms with Crippen LogP contribution in [-0.4, -0.2) is 100 Å². The molecule has 3 aliphatic heterocycles. The van der Waals surface area contributed by atoms with E-state index in [1.165, 1.54) is 19.0 Å². The van der Waals surface area contributed by atoms with E-state index in [4.69, 9.17) is 0 Å². The van der Waals surface area contributed by atoms with Crippen LogP contribution in [-0.2, 0) is 19.6 Å². The number of rotatable bonds is 5. The number of likely N-dealkylation sites (N-methyl/N-ethyl adjacent to an activating group) is 1. The molecule has 0 N–H and O–H groups in total. The van der Waals surface area contributed by atoms with Crippen LogP contribution in [0.4, 0.5) is 11.4 Å². The number of sulfonamides is 1. The van der Waals surface area contributed by atoms with Gasteiger partial charge in [-0.15, -0.1) is 0 Å². The molecule has 0 unspecified atom stereocenters. The second-order valence-electron chi connectivity index (χ2n) is 8.88. The van der Waals surface area contributed by atoms with Crippen molar-refractivity contribution < 1.29 is 18.0 Å². The maximum Gasteiger partial charge on any atom is 0.250 e. The Morgan fingerprint density at radius 1 is 1.06 bits per heavy atom. The third-order valence-electron chi connectivity index (χ3n) is 6.85. The van der Waals surface area contributed by atoms with Gasteiger partial charge in [0.25, 0.3) is 0 Å². The highest BCUT2D eigenvalue weighted by atomic mass is 32.2. The predicted octanol–water partition coefficient (Wildman–Crippen LogP) is 0.807. The van der Waals surface area contributed by atoms with Gasteiger partial charge in [-0.3, -0.25) is 14.5 Å². The Bertz CT molecular complexity index is 988. The molecule has 1 aromatic carbocycles. The monoisotopic (exact) mass is 463 g/mol. The van der Waals surface area contributed by atoms with Gasteiger partial charge < -0.3 is 14.7 Å². The van der Waals surface area contributed by atoms with Gasteiger partial charge >= 0.3 is 0 Å². The zero-order valence-corrected chi connectivity index (χ0v) is 20.0. The third-order valence-corrected chi connectivity index (χ3v) is 8.66. The van der Waals surface area contributed by atoms with E-state index in [-0.39, 0.29) is 29.3 Å². The smallest absolute Gasteiger partial charge is 0.250 e. The van der Waals surface area contributed by atoms with Crippen molar-refractivity contribution in [3.05, 3.63) is 18.2 Å². The van der Waals surface area contributed by atoms with Crippen LogP contribution in [0, 0.1) is 0 Å². The zero-order chi connectivity index (χ0) is 23.0. The molecule has 0 aliphatic carbocycles. The molecule has 1 atom stereocenters. The van der Waals surface area contributed by atoms with Crippen molar-refractivity contribution in [2.75, 3.05) is 69.7 Å². The summed E-state index contributed by atoms with van der Waals surface area (Å²) < 4.78 is 26.7. The molecular formula is C22H33N5O4S. The Labute approximate surface area is 190 Å². The van der Waals surface area contributed by atoms with Gasteiger partial charge in [-0.05, 0) is 44.0 Å². The number of piperidine rings is 1. The van der Waals surface area contributed by atoms with E-state index in [0.717, 1.165) is 55.4 Å². The van der Waals surface area contributed by atoms with Crippen molar-refractivity contribution in [1.82, 2.24) is 14.1 Å². The van der Waals surface area contributed by atoms with E-state index in [1.807, 2.05) is 4.90 Å². The van der Waals surface area contributed by atoms with Crippen LogP contribution in [0.1, 0.15) is 26.2 Å². The highest BCUT2D eigenvalue weighted by Gasteiger charge is 2.41. The molecule has 2 amide bonds. The molecule has 1 aromatic rings. The molecule has 0 spiro atoms. The summed E-state index contributed by atoms with van der Waals surface area (Å²) in [5, 5.41) is 0. The molecule has 32 heavy (non-hydrogen) atoms. The quantitative estimate of drug-likeness (QED) is 0.643. The van der Waals surface area contributed by atoms with Gasteiger partial charge in [-0.2, -0.15) is 0 Å². The Hall–Kier alpha value is -2.17. The maximum absolute atomic E-state index is 13.5. The minimum Gasteiger partial charge on any atom is -0.358 e. The minimum atomic E-state index is -3.66. The molecular weight excluding hydrogens is 430 g/mol. The van der Waals surface area contributed by atoms with Gasteiger partial charge in [0.1, 0.15) is 12.6 Å². The van der Waals surface area contributed by atoms with Crippen molar-refractivity contribution in [3.8, 4) is 0 Å². The van der Waals surface area contributed by atoms with E-state index < -0.39 is 10.0 Å². The standard InChI is InChI=1S/C22H33N5O4S/c1-4-24-11-13-25(14-12-24)21(28)16-27-20-15-17(32(30,31)23(2)3)8-9-18(20)26-10-6-5-7-19(26)22(27)29/h8-9,15,19H,4-7,10-14,16H2,1-3H3/t19-/m0/s1. The number of fused-ring (bicyclic) bond motifs is 3. The number of carbonyl (C=O) groups is 2. The minimum absolute atomic E-state index is 0.0617. The summed E-state index contributed by atoms with van der Waals surface area (Å²) in [6.45, 7) is 6.70.